The molecule has 6 heteroatoms. The molecule has 1 aliphatic heterocycles. The van der Waals surface area contributed by atoms with Crippen molar-refractivity contribution in [3.63, 3.8) is 0 Å². The van der Waals surface area contributed by atoms with Crippen LogP contribution in [0.2, 0.25) is 0 Å². The van der Waals surface area contributed by atoms with Crippen molar-refractivity contribution in [2.45, 2.75) is 43.2 Å². The molecule has 0 aromatic heterocycles. The molecule has 0 N–H and O–H groups in total. The summed E-state index contributed by atoms with van der Waals surface area (Å²) in [5.41, 5.74) is 2.30. The van der Waals surface area contributed by atoms with Crippen molar-refractivity contribution in [3.05, 3.63) is 90.5 Å². The first kappa shape index (κ1) is 20.8. The number of rotatable bonds is 5. The van der Waals surface area contributed by atoms with Crippen molar-refractivity contribution in [2.75, 3.05) is 9.21 Å². The Morgan fingerprint density at radius 1 is 0.875 bits per heavy atom. The fourth-order valence-electron chi connectivity index (χ4n) is 4.63. The SMILES string of the molecule is C[C@@H]1C[C@H](N(c2ccccc2)S(=O)(=O)c2ccccc2)c2ccccc2N1C(=O)C1CC1. The van der Waals surface area contributed by atoms with Gasteiger partial charge in [-0.2, -0.15) is 0 Å². The monoisotopic (exact) mass is 446 g/mol. The Morgan fingerprint density at radius 2 is 1.47 bits per heavy atom. The zero-order valence-electron chi connectivity index (χ0n) is 18.0. The number of hydrogen-bond donors (Lipinski definition) is 0. The van der Waals surface area contributed by atoms with Crippen LogP contribution in [0.15, 0.2) is 89.8 Å². The highest BCUT2D eigenvalue weighted by molar-refractivity contribution is 7.92. The second kappa shape index (κ2) is 8.10. The van der Waals surface area contributed by atoms with Gasteiger partial charge in [-0.3, -0.25) is 9.10 Å². The van der Waals surface area contributed by atoms with Gasteiger partial charge in [0.2, 0.25) is 5.91 Å². The average molecular weight is 447 g/mol. The van der Waals surface area contributed by atoms with Crippen molar-refractivity contribution in [2.24, 2.45) is 5.92 Å². The molecular weight excluding hydrogens is 420 g/mol. The first-order valence-corrected chi connectivity index (χ1v) is 12.5. The van der Waals surface area contributed by atoms with E-state index in [2.05, 4.69) is 0 Å². The lowest BCUT2D eigenvalue weighted by Crippen LogP contribution is -2.48. The van der Waals surface area contributed by atoms with Crippen LogP contribution >= 0.6 is 0 Å². The van der Waals surface area contributed by atoms with Gasteiger partial charge in [0, 0.05) is 17.6 Å². The molecule has 5 nitrogen and oxygen atoms in total. The number of hydrogen-bond acceptors (Lipinski definition) is 3. The molecule has 0 saturated heterocycles. The Bertz CT molecular complexity index is 1220. The van der Waals surface area contributed by atoms with Crippen LogP contribution in [-0.2, 0) is 14.8 Å². The van der Waals surface area contributed by atoms with Crippen LogP contribution in [0.25, 0.3) is 0 Å². The summed E-state index contributed by atoms with van der Waals surface area (Å²) in [6.45, 7) is 2.02. The van der Waals surface area contributed by atoms with Crippen LogP contribution in [0, 0.1) is 5.92 Å². The molecule has 2 atom stereocenters. The van der Waals surface area contributed by atoms with Gasteiger partial charge in [0.25, 0.3) is 10.0 Å². The van der Waals surface area contributed by atoms with E-state index >= 15 is 0 Å². The molecule has 1 amide bonds. The lowest BCUT2D eigenvalue weighted by molar-refractivity contribution is -0.120. The molecule has 5 rings (SSSR count). The molecule has 164 valence electrons. The van der Waals surface area contributed by atoms with Crippen LogP contribution in [0.1, 0.15) is 37.8 Å². The summed E-state index contributed by atoms with van der Waals surface area (Å²) in [7, 11) is -3.83. The molecule has 0 spiro atoms. The molecule has 1 aliphatic carbocycles. The summed E-state index contributed by atoms with van der Waals surface area (Å²) in [6, 6.07) is 25.0. The maximum atomic E-state index is 13.9. The third kappa shape index (κ3) is 3.58. The fraction of sp³-hybridized carbons (Fsp3) is 0.269. The van der Waals surface area contributed by atoms with Gasteiger partial charge in [0.05, 0.1) is 16.6 Å². The van der Waals surface area contributed by atoms with Gasteiger partial charge in [0.1, 0.15) is 0 Å². The Hall–Kier alpha value is -3.12. The van der Waals surface area contributed by atoms with E-state index in [1.54, 1.807) is 24.3 Å². The minimum Gasteiger partial charge on any atom is -0.309 e. The maximum absolute atomic E-state index is 13.9. The third-order valence-corrected chi connectivity index (χ3v) is 8.17. The van der Waals surface area contributed by atoms with Gasteiger partial charge in [-0.1, -0.05) is 54.6 Å². The summed E-state index contributed by atoms with van der Waals surface area (Å²) in [5, 5.41) is 0. The molecule has 3 aromatic carbocycles. The van der Waals surface area contributed by atoms with Crippen LogP contribution in [-0.4, -0.2) is 20.4 Å². The quantitative estimate of drug-likeness (QED) is 0.544. The Balaban J connectivity index is 1.66. The lowest BCUT2D eigenvalue weighted by atomic mass is 9.91. The number of nitrogens with zero attached hydrogens (tertiary/aromatic N) is 2. The molecule has 3 aromatic rings. The first-order valence-electron chi connectivity index (χ1n) is 11.0. The Morgan fingerprint density at radius 3 is 2.12 bits per heavy atom. The molecule has 0 unspecified atom stereocenters. The smallest absolute Gasteiger partial charge is 0.264 e. The summed E-state index contributed by atoms with van der Waals surface area (Å²) in [6.07, 6.45) is 2.40. The highest BCUT2D eigenvalue weighted by atomic mass is 32.2. The summed E-state index contributed by atoms with van der Waals surface area (Å²) >= 11 is 0. The van der Waals surface area contributed by atoms with E-state index in [4.69, 9.17) is 0 Å². The fourth-order valence-corrected chi connectivity index (χ4v) is 6.30. The van der Waals surface area contributed by atoms with Gasteiger partial charge in [-0.05, 0) is 62.1 Å². The normalized spacial score (nSPS) is 20.5. The average Bonchev–Trinajstić information content (AvgIpc) is 3.66. The van der Waals surface area contributed by atoms with Crippen LogP contribution < -0.4 is 9.21 Å². The summed E-state index contributed by atoms with van der Waals surface area (Å²) < 4.78 is 29.4. The van der Waals surface area contributed by atoms with Gasteiger partial charge in [0.15, 0.2) is 0 Å². The van der Waals surface area contributed by atoms with Crippen molar-refractivity contribution >= 4 is 27.3 Å². The predicted molar refractivity (Wildman–Crippen MR) is 126 cm³/mol. The van der Waals surface area contributed by atoms with Crippen LogP contribution in [0.4, 0.5) is 11.4 Å². The zero-order valence-corrected chi connectivity index (χ0v) is 18.8. The lowest BCUT2D eigenvalue weighted by Gasteiger charge is -2.43. The molecule has 1 heterocycles. The van der Waals surface area contributed by atoms with Gasteiger partial charge < -0.3 is 4.90 Å². The predicted octanol–water partition coefficient (Wildman–Crippen LogP) is 5.16. The largest absolute Gasteiger partial charge is 0.309 e. The second-order valence-electron chi connectivity index (χ2n) is 8.59. The number of benzene rings is 3. The van der Waals surface area contributed by atoms with Gasteiger partial charge >= 0.3 is 0 Å². The minimum absolute atomic E-state index is 0.0975. The topological polar surface area (TPSA) is 57.7 Å². The van der Waals surface area contributed by atoms with Crippen molar-refractivity contribution < 1.29 is 13.2 Å². The molecular formula is C26H26N2O3S. The van der Waals surface area contributed by atoms with E-state index in [-0.39, 0.29) is 22.8 Å². The van der Waals surface area contributed by atoms with Gasteiger partial charge in [-0.25, -0.2) is 8.42 Å². The first-order chi connectivity index (χ1) is 15.5. The molecule has 1 fully saturated rings. The summed E-state index contributed by atoms with van der Waals surface area (Å²) in [5.74, 6) is 0.251. The number of carbonyl (C=O) groups is 1. The molecule has 2 aliphatic rings. The highest BCUT2D eigenvalue weighted by Crippen LogP contribution is 2.46. The zero-order chi connectivity index (χ0) is 22.3. The maximum Gasteiger partial charge on any atom is 0.264 e. The van der Waals surface area contributed by atoms with E-state index in [1.165, 1.54) is 4.31 Å². The Labute approximate surface area is 189 Å². The number of amides is 1. The van der Waals surface area contributed by atoms with E-state index < -0.39 is 16.1 Å². The standard InChI is InChI=1S/C26H26N2O3S/c1-19-18-25(23-14-8-9-15-24(23)27(19)26(29)20-16-17-20)28(21-10-4-2-5-11-21)32(30,31)22-12-6-3-7-13-22/h2-15,19-20,25H,16-18H2,1H3/t19-,25+/m1/s1. The van der Waals surface area contributed by atoms with Crippen molar-refractivity contribution in [1.29, 1.82) is 0 Å². The summed E-state index contributed by atoms with van der Waals surface area (Å²) in [4.78, 5) is 15.2. The number of fused-ring (bicyclic) bond motifs is 1. The molecule has 1 saturated carbocycles. The number of para-hydroxylation sites is 2. The second-order valence-corrected chi connectivity index (χ2v) is 10.4. The highest BCUT2D eigenvalue weighted by Gasteiger charge is 2.44. The van der Waals surface area contributed by atoms with E-state index in [0.717, 1.165) is 24.1 Å². The van der Waals surface area contributed by atoms with E-state index in [9.17, 15) is 13.2 Å². The number of carbonyl (C=O) groups excluding carboxylic acids is 1. The van der Waals surface area contributed by atoms with Crippen molar-refractivity contribution in [3.8, 4) is 0 Å². The third-order valence-electron chi connectivity index (χ3n) is 6.32. The molecule has 0 bridgehead atoms. The van der Waals surface area contributed by atoms with Crippen LogP contribution in [0.3, 0.4) is 0 Å². The van der Waals surface area contributed by atoms with Crippen LogP contribution in [0.5, 0.6) is 0 Å². The van der Waals surface area contributed by atoms with E-state index in [0.29, 0.717) is 12.1 Å². The number of anilines is 2. The van der Waals surface area contributed by atoms with E-state index in [1.807, 2.05) is 72.5 Å². The minimum atomic E-state index is -3.83. The van der Waals surface area contributed by atoms with Gasteiger partial charge in [-0.15, -0.1) is 0 Å². The van der Waals surface area contributed by atoms with Crippen molar-refractivity contribution in [1.82, 2.24) is 0 Å². The molecule has 32 heavy (non-hydrogen) atoms. The molecule has 0 radical (unpaired) electrons. The number of sulfonamides is 1. The Kier molecular flexibility index (Phi) is 5.25.